The van der Waals surface area contributed by atoms with E-state index in [1.165, 1.54) is 27.8 Å². The van der Waals surface area contributed by atoms with E-state index in [0.29, 0.717) is 25.2 Å². The van der Waals surface area contributed by atoms with E-state index >= 15 is 0 Å². The fraction of sp³-hybridized carbons (Fsp3) is 0.500. The van der Waals surface area contributed by atoms with Crippen LogP contribution in [0.2, 0.25) is 0 Å². The molecule has 1 aliphatic heterocycles. The lowest BCUT2D eigenvalue weighted by molar-refractivity contribution is -0.126. The smallest absolute Gasteiger partial charge is 0.237 e. The lowest BCUT2D eigenvalue weighted by Gasteiger charge is -2.29. The van der Waals surface area contributed by atoms with Crippen molar-refractivity contribution >= 4 is 5.91 Å². The minimum absolute atomic E-state index is 0.0905. The molecule has 5 nitrogen and oxygen atoms in total. The van der Waals surface area contributed by atoms with Crippen molar-refractivity contribution < 1.29 is 9.53 Å². The third kappa shape index (κ3) is 5.17. The minimum Gasteiger partial charge on any atom is -0.383 e. The third-order valence-corrected chi connectivity index (χ3v) is 6.83. The molecule has 1 amide bonds. The third-order valence-electron chi connectivity index (χ3n) is 6.83. The minimum atomic E-state index is -0.0905. The van der Waals surface area contributed by atoms with Gasteiger partial charge in [0.15, 0.2) is 0 Å². The first-order valence-electron chi connectivity index (χ1n) is 11.4. The van der Waals surface area contributed by atoms with Crippen LogP contribution >= 0.6 is 0 Å². The van der Waals surface area contributed by atoms with Gasteiger partial charge in [-0.25, -0.2) is 0 Å². The summed E-state index contributed by atoms with van der Waals surface area (Å²) in [6, 6.07) is 15.9. The molecule has 0 bridgehead atoms. The van der Waals surface area contributed by atoms with Gasteiger partial charge < -0.3 is 15.4 Å². The number of nitrogens with one attached hydrogen (secondary N) is 2. The summed E-state index contributed by atoms with van der Waals surface area (Å²) in [6.45, 7) is 7.16. The molecule has 2 N–H and O–H groups in total. The summed E-state index contributed by atoms with van der Waals surface area (Å²) < 4.78 is 5.11. The zero-order valence-electron chi connectivity index (χ0n) is 19.0. The summed E-state index contributed by atoms with van der Waals surface area (Å²) in [4.78, 5) is 15.5. The van der Waals surface area contributed by atoms with Crippen LogP contribution in [-0.2, 0) is 28.9 Å². The SMILES string of the molecule is COCCNC(=O)[C@@H]1C[C@H](NCc2cc(C)ccc2C)CN1C1Cc2ccccc2C1. The van der Waals surface area contributed by atoms with Crippen LogP contribution in [-0.4, -0.2) is 55.7 Å². The number of hydrogen-bond acceptors (Lipinski definition) is 4. The highest BCUT2D eigenvalue weighted by Gasteiger charge is 2.41. The number of methoxy groups -OCH3 is 1. The Morgan fingerprint density at radius 2 is 1.87 bits per heavy atom. The average molecular weight is 422 g/mol. The van der Waals surface area contributed by atoms with Gasteiger partial charge in [0.05, 0.1) is 12.6 Å². The maximum atomic E-state index is 13.0. The van der Waals surface area contributed by atoms with E-state index in [2.05, 4.69) is 71.8 Å². The lowest BCUT2D eigenvalue weighted by atomic mass is 10.0. The fourth-order valence-electron chi connectivity index (χ4n) is 5.08. The van der Waals surface area contributed by atoms with E-state index in [1.807, 2.05) is 0 Å². The average Bonchev–Trinajstić information content (AvgIpc) is 3.38. The van der Waals surface area contributed by atoms with Gasteiger partial charge in [-0.3, -0.25) is 9.69 Å². The normalized spacial score (nSPS) is 21.4. The number of ether oxygens (including phenoxy) is 1. The van der Waals surface area contributed by atoms with E-state index in [9.17, 15) is 4.79 Å². The summed E-state index contributed by atoms with van der Waals surface area (Å²) in [5, 5.41) is 6.82. The van der Waals surface area contributed by atoms with Crippen molar-refractivity contribution in [3.8, 4) is 0 Å². The van der Waals surface area contributed by atoms with Gasteiger partial charge in [0, 0.05) is 38.8 Å². The Labute approximate surface area is 186 Å². The van der Waals surface area contributed by atoms with Crippen LogP contribution < -0.4 is 10.6 Å². The second-order valence-corrected chi connectivity index (χ2v) is 9.07. The van der Waals surface area contributed by atoms with Crippen molar-refractivity contribution in [2.75, 3.05) is 26.8 Å². The Kier molecular flexibility index (Phi) is 7.06. The molecule has 166 valence electrons. The first-order chi connectivity index (χ1) is 15.0. The Balaban J connectivity index is 1.44. The lowest BCUT2D eigenvalue weighted by Crippen LogP contribution is -2.48. The van der Waals surface area contributed by atoms with Gasteiger partial charge in [-0.1, -0.05) is 48.0 Å². The molecule has 5 heteroatoms. The maximum Gasteiger partial charge on any atom is 0.237 e. The van der Waals surface area contributed by atoms with Gasteiger partial charge in [0.25, 0.3) is 0 Å². The first kappa shape index (κ1) is 22.0. The van der Waals surface area contributed by atoms with Crippen LogP contribution in [0.5, 0.6) is 0 Å². The predicted molar refractivity (Wildman–Crippen MR) is 124 cm³/mol. The first-order valence-corrected chi connectivity index (χ1v) is 11.4. The fourth-order valence-corrected chi connectivity index (χ4v) is 5.08. The summed E-state index contributed by atoms with van der Waals surface area (Å²) in [5.74, 6) is 0.129. The topological polar surface area (TPSA) is 53.6 Å². The summed E-state index contributed by atoms with van der Waals surface area (Å²) in [6.07, 6.45) is 2.90. The highest BCUT2D eigenvalue weighted by molar-refractivity contribution is 5.82. The van der Waals surface area contributed by atoms with E-state index in [4.69, 9.17) is 4.74 Å². The summed E-state index contributed by atoms with van der Waals surface area (Å²) in [5.41, 5.74) is 6.80. The van der Waals surface area contributed by atoms with Crippen LogP contribution in [0.3, 0.4) is 0 Å². The van der Waals surface area contributed by atoms with Gasteiger partial charge in [0.1, 0.15) is 0 Å². The van der Waals surface area contributed by atoms with E-state index in [1.54, 1.807) is 7.11 Å². The molecule has 2 aromatic rings. The van der Waals surface area contributed by atoms with Crippen LogP contribution in [0, 0.1) is 13.8 Å². The Morgan fingerprint density at radius 1 is 1.13 bits per heavy atom. The molecule has 0 aromatic heterocycles. The van der Waals surface area contributed by atoms with Crippen LogP contribution in [0.15, 0.2) is 42.5 Å². The molecular weight excluding hydrogens is 386 g/mol. The van der Waals surface area contributed by atoms with Crippen molar-refractivity contribution in [3.05, 3.63) is 70.3 Å². The Hall–Kier alpha value is -2.21. The molecule has 0 saturated carbocycles. The molecule has 1 heterocycles. The standard InChI is InChI=1S/C26H35N3O2/c1-18-8-9-19(2)22(12-18)16-28-23-15-25(26(30)27-10-11-31-3)29(17-23)24-13-20-6-4-5-7-21(20)14-24/h4-9,12,23-25,28H,10-11,13-17H2,1-3H3,(H,27,30)/t23-,25-/m0/s1. The molecule has 1 fully saturated rings. The van der Waals surface area contributed by atoms with Gasteiger partial charge in [0.2, 0.25) is 5.91 Å². The number of benzene rings is 2. The molecule has 0 radical (unpaired) electrons. The predicted octanol–water partition coefficient (Wildman–Crippen LogP) is 2.77. The molecule has 2 atom stereocenters. The van der Waals surface area contributed by atoms with Gasteiger partial charge in [-0.15, -0.1) is 0 Å². The molecule has 31 heavy (non-hydrogen) atoms. The number of carbonyl (C=O) groups excluding carboxylic acids is 1. The number of rotatable bonds is 8. The number of likely N-dealkylation sites (tertiary alicyclic amines) is 1. The highest BCUT2D eigenvalue weighted by atomic mass is 16.5. The van der Waals surface area contributed by atoms with Crippen LogP contribution in [0.25, 0.3) is 0 Å². The van der Waals surface area contributed by atoms with E-state index in [0.717, 1.165) is 32.4 Å². The van der Waals surface area contributed by atoms with Crippen LogP contribution in [0.1, 0.15) is 34.2 Å². The number of amides is 1. The molecule has 2 aliphatic rings. The Bertz CT molecular complexity index is 888. The van der Waals surface area contributed by atoms with Crippen molar-refractivity contribution in [1.29, 1.82) is 0 Å². The highest BCUT2D eigenvalue weighted by Crippen LogP contribution is 2.31. The largest absolute Gasteiger partial charge is 0.383 e. The van der Waals surface area contributed by atoms with Crippen molar-refractivity contribution in [2.45, 2.75) is 57.8 Å². The molecular formula is C26H35N3O2. The second-order valence-electron chi connectivity index (χ2n) is 9.07. The van der Waals surface area contributed by atoms with Gasteiger partial charge in [-0.05, 0) is 55.4 Å². The van der Waals surface area contributed by atoms with Gasteiger partial charge in [-0.2, -0.15) is 0 Å². The van der Waals surface area contributed by atoms with Gasteiger partial charge >= 0.3 is 0 Å². The van der Waals surface area contributed by atoms with Crippen molar-refractivity contribution in [2.24, 2.45) is 0 Å². The number of nitrogens with zero attached hydrogens (tertiary/aromatic N) is 1. The quantitative estimate of drug-likeness (QED) is 0.644. The molecule has 0 spiro atoms. The Morgan fingerprint density at radius 3 is 2.58 bits per heavy atom. The monoisotopic (exact) mass is 421 g/mol. The summed E-state index contributed by atoms with van der Waals surface area (Å²) in [7, 11) is 1.66. The molecule has 0 unspecified atom stereocenters. The second kappa shape index (κ2) is 9.94. The van der Waals surface area contributed by atoms with Crippen molar-refractivity contribution in [3.63, 3.8) is 0 Å². The maximum absolute atomic E-state index is 13.0. The number of aryl methyl sites for hydroxylation is 2. The molecule has 1 aliphatic carbocycles. The summed E-state index contributed by atoms with van der Waals surface area (Å²) >= 11 is 0. The van der Waals surface area contributed by atoms with E-state index < -0.39 is 0 Å². The molecule has 1 saturated heterocycles. The zero-order chi connectivity index (χ0) is 21.8. The van der Waals surface area contributed by atoms with Crippen molar-refractivity contribution in [1.82, 2.24) is 15.5 Å². The zero-order valence-corrected chi connectivity index (χ0v) is 19.0. The van der Waals surface area contributed by atoms with Crippen LogP contribution in [0.4, 0.5) is 0 Å². The molecule has 4 rings (SSSR count). The molecule has 2 aromatic carbocycles. The number of hydrogen-bond donors (Lipinski definition) is 2. The number of fused-ring (bicyclic) bond motifs is 1. The van der Waals surface area contributed by atoms with E-state index in [-0.39, 0.29) is 11.9 Å². The number of carbonyl (C=O) groups is 1.